The molecule has 2 rings (SSSR count). The fraction of sp³-hybridized carbons (Fsp3) is 0.188. The Balaban J connectivity index is 2.00. The van der Waals surface area contributed by atoms with E-state index in [1.54, 1.807) is 24.3 Å². The summed E-state index contributed by atoms with van der Waals surface area (Å²) in [5, 5.41) is 3.01. The smallest absolute Gasteiger partial charge is 0.193 e. The van der Waals surface area contributed by atoms with Gasteiger partial charge < -0.3 is 11.1 Å². The van der Waals surface area contributed by atoms with Crippen molar-refractivity contribution in [3.8, 4) is 0 Å². The first-order valence-electron chi connectivity index (χ1n) is 6.77. The highest BCUT2D eigenvalue weighted by Gasteiger charge is 2.05. The second-order valence-corrected chi connectivity index (χ2v) is 7.12. The molecule has 0 unspecified atom stereocenters. The molecule has 2 aromatic carbocycles. The summed E-state index contributed by atoms with van der Waals surface area (Å²) in [7, 11) is -3.17. The molecular weight excluding hydrogens is 298 g/mol. The number of hydrogen-bond donors (Lipinski definition) is 2. The molecule has 6 heteroatoms. The molecule has 0 saturated heterocycles. The second kappa shape index (κ2) is 6.62. The van der Waals surface area contributed by atoms with E-state index in [4.69, 9.17) is 5.73 Å². The summed E-state index contributed by atoms with van der Waals surface area (Å²) >= 11 is 0. The van der Waals surface area contributed by atoms with Gasteiger partial charge in [0.05, 0.1) is 11.4 Å². The lowest BCUT2D eigenvalue weighted by molar-refractivity contribution is 0.602. The number of aliphatic imine (C=N–C) groups is 1. The third-order valence-electron chi connectivity index (χ3n) is 3.11. The van der Waals surface area contributed by atoms with Crippen LogP contribution in [0.5, 0.6) is 0 Å². The molecule has 0 aromatic heterocycles. The topological polar surface area (TPSA) is 84.5 Å². The molecule has 116 valence electrons. The third-order valence-corrected chi connectivity index (χ3v) is 4.24. The van der Waals surface area contributed by atoms with Crippen molar-refractivity contribution in [1.82, 2.24) is 0 Å². The van der Waals surface area contributed by atoms with E-state index in [1.165, 1.54) is 11.8 Å². The van der Waals surface area contributed by atoms with Gasteiger partial charge in [0, 0.05) is 11.9 Å². The maximum atomic E-state index is 11.4. The fourth-order valence-electron chi connectivity index (χ4n) is 1.84. The number of sulfone groups is 1. The number of nitrogens with zero attached hydrogens (tertiary/aromatic N) is 1. The minimum atomic E-state index is -3.17. The number of guanidine groups is 1. The van der Waals surface area contributed by atoms with E-state index in [2.05, 4.69) is 10.3 Å². The standard InChI is InChI=1S/C16H19N3O2S/c1-12-3-7-14(8-4-12)19-16(17)18-11-13-5-9-15(10-6-13)22(2,20)21/h3-10H,11H2,1-2H3,(H3,17,18,19). The molecule has 0 amide bonds. The van der Waals surface area contributed by atoms with E-state index in [0.717, 1.165) is 11.3 Å². The monoisotopic (exact) mass is 317 g/mol. The molecule has 0 aliphatic carbocycles. The first-order chi connectivity index (χ1) is 10.3. The van der Waals surface area contributed by atoms with Crippen LogP contribution in [-0.4, -0.2) is 20.6 Å². The lowest BCUT2D eigenvalue weighted by atomic mass is 10.2. The van der Waals surface area contributed by atoms with Gasteiger partial charge in [0.1, 0.15) is 0 Å². The molecule has 22 heavy (non-hydrogen) atoms. The number of nitrogens with two attached hydrogens (primary N) is 1. The molecule has 0 saturated carbocycles. The van der Waals surface area contributed by atoms with Crippen molar-refractivity contribution in [2.45, 2.75) is 18.4 Å². The number of hydrogen-bond acceptors (Lipinski definition) is 3. The average Bonchev–Trinajstić information content (AvgIpc) is 2.47. The normalized spacial score (nSPS) is 12.2. The minimum absolute atomic E-state index is 0.297. The summed E-state index contributed by atoms with van der Waals surface area (Å²) in [4.78, 5) is 4.54. The van der Waals surface area contributed by atoms with Crippen molar-refractivity contribution in [3.05, 3.63) is 59.7 Å². The Morgan fingerprint density at radius 3 is 2.23 bits per heavy atom. The van der Waals surface area contributed by atoms with Crippen LogP contribution in [0.3, 0.4) is 0 Å². The summed E-state index contributed by atoms with van der Waals surface area (Å²) in [6.07, 6.45) is 1.18. The fourth-order valence-corrected chi connectivity index (χ4v) is 2.47. The molecule has 0 radical (unpaired) electrons. The van der Waals surface area contributed by atoms with Gasteiger partial charge >= 0.3 is 0 Å². The summed E-state index contributed by atoms with van der Waals surface area (Å²) < 4.78 is 22.8. The Morgan fingerprint density at radius 1 is 1.09 bits per heavy atom. The van der Waals surface area contributed by atoms with Crippen molar-refractivity contribution in [2.24, 2.45) is 10.7 Å². The van der Waals surface area contributed by atoms with Crippen LogP contribution in [0.15, 0.2) is 58.4 Å². The van der Waals surface area contributed by atoms with Crippen molar-refractivity contribution < 1.29 is 8.42 Å². The van der Waals surface area contributed by atoms with E-state index in [0.29, 0.717) is 17.4 Å². The molecule has 0 bridgehead atoms. The van der Waals surface area contributed by atoms with Crippen LogP contribution in [-0.2, 0) is 16.4 Å². The number of rotatable bonds is 4. The Morgan fingerprint density at radius 2 is 1.68 bits per heavy atom. The summed E-state index contributed by atoms with van der Waals surface area (Å²) in [6.45, 7) is 2.40. The number of nitrogens with one attached hydrogen (secondary N) is 1. The van der Waals surface area contributed by atoms with Crippen molar-refractivity contribution >= 4 is 21.5 Å². The van der Waals surface area contributed by atoms with Gasteiger partial charge in [-0.3, -0.25) is 0 Å². The van der Waals surface area contributed by atoms with Crippen LogP contribution in [0.2, 0.25) is 0 Å². The quantitative estimate of drug-likeness (QED) is 0.669. The predicted molar refractivity (Wildman–Crippen MR) is 89.7 cm³/mol. The van der Waals surface area contributed by atoms with Crippen molar-refractivity contribution in [3.63, 3.8) is 0 Å². The highest BCUT2D eigenvalue weighted by molar-refractivity contribution is 7.90. The molecule has 5 nitrogen and oxygen atoms in total. The Labute approximate surface area is 130 Å². The van der Waals surface area contributed by atoms with Crippen LogP contribution in [0, 0.1) is 6.92 Å². The largest absolute Gasteiger partial charge is 0.370 e. The summed E-state index contributed by atoms with van der Waals surface area (Å²) in [5.74, 6) is 0.316. The Bertz CT molecular complexity index is 764. The Hall–Kier alpha value is -2.34. The molecule has 3 N–H and O–H groups in total. The van der Waals surface area contributed by atoms with E-state index in [-0.39, 0.29) is 0 Å². The lowest BCUT2D eigenvalue weighted by Crippen LogP contribution is -2.22. The number of anilines is 1. The molecule has 0 spiro atoms. The Kier molecular flexibility index (Phi) is 4.82. The van der Waals surface area contributed by atoms with Crippen LogP contribution in [0.1, 0.15) is 11.1 Å². The molecule has 0 atom stereocenters. The zero-order valence-electron chi connectivity index (χ0n) is 12.6. The zero-order valence-corrected chi connectivity index (χ0v) is 13.4. The lowest BCUT2D eigenvalue weighted by Gasteiger charge is -2.06. The predicted octanol–water partition coefficient (Wildman–Crippen LogP) is 2.33. The highest BCUT2D eigenvalue weighted by atomic mass is 32.2. The first-order valence-corrected chi connectivity index (χ1v) is 8.66. The summed E-state index contributed by atoms with van der Waals surface area (Å²) in [5.41, 5.74) is 8.77. The van der Waals surface area contributed by atoms with E-state index in [9.17, 15) is 8.42 Å². The molecular formula is C16H19N3O2S. The van der Waals surface area contributed by atoms with E-state index in [1.807, 2.05) is 31.2 Å². The van der Waals surface area contributed by atoms with Gasteiger partial charge in [-0.1, -0.05) is 29.8 Å². The second-order valence-electron chi connectivity index (χ2n) is 5.11. The highest BCUT2D eigenvalue weighted by Crippen LogP contribution is 2.11. The van der Waals surface area contributed by atoms with Gasteiger partial charge in [0.15, 0.2) is 15.8 Å². The minimum Gasteiger partial charge on any atom is -0.370 e. The molecule has 0 aliphatic rings. The van der Waals surface area contributed by atoms with E-state index >= 15 is 0 Å². The van der Waals surface area contributed by atoms with Gasteiger partial charge in [-0.15, -0.1) is 0 Å². The molecule has 0 fully saturated rings. The van der Waals surface area contributed by atoms with Crippen molar-refractivity contribution in [2.75, 3.05) is 11.6 Å². The van der Waals surface area contributed by atoms with Crippen LogP contribution in [0.25, 0.3) is 0 Å². The molecule has 0 aliphatic heterocycles. The maximum Gasteiger partial charge on any atom is 0.193 e. The zero-order chi connectivity index (χ0) is 16.2. The molecule has 2 aromatic rings. The van der Waals surface area contributed by atoms with Crippen LogP contribution < -0.4 is 11.1 Å². The number of aryl methyl sites for hydroxylation is 1. The maximum absolute atomic E-state index is 11.4. The first kappa shape index (κ1) is 16.0. The van der Waals surface area contributed by atoms with Gasteiger partial charge in [-0.25, -0.2) is 13.4 Å². The average molecular weight is 317 g/mol. The van der Waals surface area contributed by atoms with Gasteiger partial charge in [-0.05, 0) is 36.8 Å². The molecule has 0 heterocycles. The summed E-state index contributed by atoms with van der Waals surface area (Å²) in [6, 6.07) is 14.4. The van der Waals surface area contributed by atoms with Crippen molar-refractivity contribution in [1.29, 1.82) is 0 Å². The van der Waals surface area contributed by atoms with Crippen LogP contribution >= 0.6 is 0 Å². The van der Waals surface area contributed by atoms with Gasteiger partial charge in [-0.2, -0.15) is 0 Å². The van der Waals surface area contributed by atoms with Gasteiger partial charge in [0.2, 0.25) is 0 Å². The third kappa shape index (κ3) is 4.60. The van der Waals surface area contributed by atoms with E-state index < -0.39 is 9.84 Å². The van der Waals surface area contributed by atoms with Gasteiger partial charge in [0.25, 0.3) is 0 Å². The number of benzene rings is 2. The SMILES string of the molecule is Cc1ccc(NC(N)=NCc2ccc(S(C)(=O)=O)cc2)cc1. The van der Waals surface area contributed by atoms with Crippen LogP contribution in [0.4, 0.5) is 5.69 Å².